The van der Waals surface area contributed by atoms with E-state index in [0.29, 0.717) is 0 Å². The topological polar surface area (TPSA) is 26.3 Å². The molecule has 0 atom stereocenters. The lowest BCUT2D eigenvalue weighted by atomic mass is 9.92. The lowest BCUT2D eigenvalue weighted by molar-refractivity contribution is -0.133. The van der Waals surface area contributed by atoms with E-state index in [0.717, 1.165) is 11.1 Å². The van der Waals surface area contributed by atoms with Crippen LogP contribution in [0, 0.1) is 0 Å². The maximum absolute atomic E-state index is 11.8. The van der Waals surface area contributed by atoms with Gasteiger partial charge in [0.25, 0.3) is 0 Å². The molecule has 2 nitrogen and oxygen atoms in total. The van der Waals surface area contributed by atoms with Crippen molar-refractivity contribution in [3.05, 3.63) is 71.8 Å². The van der Waals surface area contributed by atoms with Crippen molar-refractivity contribution in [2.45, 2.75) is 5.92 Å². The Balaban J connectivity index is 2.43. The predicted molar refractivity (Wildman–Crippen MR) is 69.8 cm³/mol. The summed E-state index contributed by atoms with van der Waals surface area (Å²) in [5.74, 6) is -0.791. The highest BCUT2D eigenvalue weighted by Crippen LogP contribution is 2.26. The van der Waals surface area contributed by atoms with Gasteiger partial charge in [0.15, 0.2) is 0 Å². The molecule has 0 saturated heterocycles. The van der Waals surface area contributed by atoms with Crippen LogP contribution in [-0.4, -0.2) is 5.97 Å². The van der Waals surface area contributed by atoms with Crippen molar-refractivity contribution in [3.63, 3.8) is 0 Å². The SMILES string of the molecule is O=C(OS)C(c1ccccc1)c1ccccc1. The van der Waals surface area contributed by atoms with Crippen molar-refractivity contribution >= 4 is 18.9 Å². The van der Waals surface area contributed by atoms with E-state index < -0.39 is 5.92 Å². The molecule has 2 aromatic carbocycles. The second-order valence-corrected chi connectivity index (χ2v) is 3.85. The van der Waals surface area contributed by atoms with Gasteiger partial charge in [-0.15, -0.1) is 0 Å². The lowest BCUT2D eigenvalue weighted by Gasteiger charge is -2.14. The third-order valence-corrected chi connectivity index (χ3v) is 2.77. The molecule has 2 rings (SSSR count). The maximum atomic E-state index is 11.8. The number of hydrogen-bond acceptors (Lipinski definition) is 3. The summed E-state index contributed by atoms with van der Waals surface area (Å²) in [6.07, 6.45) is 0. The first-order valence-corrected chi connectivity index (χ1v) is 5.64. The van der Waals surface area contributed by atoms with Crippen LogP contribution in [0.25, 0.3) is 0 Å². The summed E-state index contributed by atoms with van der Waals surface area (Å²) in [5.41, 5.74) is 1.80. The molecule has 86 valence electrons. The number of rotatable bonds is 3. The summed E-state index contributed by atoms with van der Waals surface area (Å²) in [5, 5.41) is 0. The van der Waals surface area contributed by atoms with E-state index in [1.165, 1.54) is 0 Å². The average Bonchev–Trinajstić information content (AvgIpc) is 2.41. The summed E-state index contributed by atoms with van der Waals surface area (Å²) in [4.78, 5) is 11.8. The summed E-state index contributed by atoms with van der Waals surface area (Å²) < 4.78 is 4.58. The summed E-state index contributed by atoms with van der Waals surface area (Å²) in [6, 6.07) is 19.0. The molecule has 2 aromatic rings. The standard InChI is InChI=1S/C14H12O2S/c15-14(16-17)13(11-7-3-1-4-8-11)12-9-5-2-6-10-12/h1-10,13,17H. The van der Waals surface area contributed by atoms with Gasteiger partial charge in [-0.25, -0.2) is 0 Å². The van der Waals surface area contributed by atoms with Crippen molar-refractivity contribution in [1.29, 1.82) is 0 Å². The van der Waals surface area contributed by atoms with E-state index >= 15 is 0 Å². The van der Waals surface area contributed by atoms with Crippen molar-refractivity contribution in [1.82, 2.24) is 0 Å². The first-order valence-electron chi connectivity index (χ1n) is 5.28. The highest BCUT2D eigenvalue weighted by atomic mass is 32.1. The van der Waals surface area contributed by atoms with Crippen LogP contribution in [0.4, 0.5) is 0 Å². The molecule has 0 aliphatic heterocycles. The minimum atomic E-state index is -0.421. The minimum Gasteiger partial charge on any atom is -0.394 e. The van der Waals surface area contributed by atoms with Gasteiger partial charge in [-0.05, 0) is 11.1 Å². The van der Waals surface area contributed by atoms with E-state index in [4.69, 9.17) is 0 Å². The Morgan fingerprint density at radius 3 is 1.65 bits per heavy atom. The van der Waals surface area contributed by atoms with Crippen LogP contribution in [0.15, 0.2) is 60.7 Å². The number of benzene rings is 2. The fourth-order valence-electron chi connectivity index (χ4n) is 1.81. The second kappa shape index (κ2) is 5.55. The summed E-state index contributed by atoms with van der Waals surface area (Å²) >= 11 is 3.61. The van der Waals surface area contributed by atoms with Crippen LogP contribution < -0.4 is 0 Å². The monoisotopic (exact) mass is 244 g/mol. The minimum absolute atomic E-state index is 0.370. The number of carbonyl (C=O) groups excluding carboxylic acids is 1. The van der Waals surface area contributed by atoms with E-state index in [1.54, 1.807) is 0 Å². The Bertz CT molecular complexity index is 443. The quantitative estimate of drug-likeness (QED) is 0.663. The second-order valence-electron chi connectivity index (χ2n) is 3.66. The number of thiol groups is 1. The molecular formula is C14H12O2S. The summed E-state index contributed by atoms with van der Waals surface area (Å²) in [6.45, 7) is 0. The molecule has 3 heteroatoms. The third kappa shape index (κ3) is 2.68. The maximum Gasteiger partial charge on any atom is 0.329 e. The van der Waals surface area contributed by atoms with Gasteiger partial charge in [-0.2, -0.15) is 0 Å². The fourth-order valence-corrected chi connectivity index (χ4v) is 1.91. The Labute approximate surface area is 106 Å². The fraction of sp³-hybridized carbons (Fsp3) is 0.0714. The van der Waals surface area contributed by atoms with Crippen LogP contribution in [0.5, 0.6) is 0 Å². The molecule has 0 unspecified atom stereocenters. The third-order valence-electron chi connectivity index (χ3n) is 2.59. The van der Waals surface area contributed by atoms with Crippen LogP contribution in [0.3, 0.4) is 0 Å². The largest absolute Gasteiger partial charge is 0.394 e. The van der Waals surface area contributed by atoms with Crippen molar-refractivity contribution in [2.24, 2.45) is 0 Å². The molecule has 0 spiro atoms. The summed E-state index contributed by atoms with van der Waals surface area (Å²) in [7, 11) is 0. The highest BCUT2D eigenvalue weighted by Gasteiger charge is 2.23. The van der Waals surface area contributed by atoms with Gasteiger partial charge in [0.2, 0.25) is 0 Å². The van der Waals surface area contributed by atoms with Crippen molar-refractivity contribution in [3.8, 4) is 0 Å². The molecule has 0 bridgehead atoms. The predicted octanol–water partition coefficient (Wildman–Crippen LogP) is 3.21. The first kappa shape index (κ1) is 11.7. The van der Waals surface area contributed by atoms with Gasteiger partial charge in [0.1, 0.15) is 5.92 Å². The molecule has 0 radical (unpaired) electrons. The molecule has 0 N–H and O–H groups in total. The number of hydrogen-bond donors (Lipinski definition) is 1. The van der Waals surface area contributed by atoms with Crippen molar-refractivity contribution in [2.75, 3.05) is 0 Å². The zero-order valence-electron chi connectivity index (χ0n) is 9.11. The van der Waals surface area contributed by atoms with Crippen LogP contribution in [0.2, 0.25) is 0 Å². The van der Waals surface area contributed by atoms with Gasteiger partial charge in [-0.3, -0.25) is 4.79 Å². The molecule has 17 heavy (non-hydrogen) atoms. The number of carbonyl (C=O) groups is 1. The normalized spacial score (nSPS) is 10.2. The van der Waals surface area contributed by atoms with E-state index in [2.05, 4.69) is 17.1 Å². The van der Waals surface area contributed by atoms with Crippen LogP contribution in [-0.2, 0) is 8.98 Å². The average molecular weight is 244 g/mol. The Hall–Kier alpha value is -1.74. The smallest absolute Gasteiger partial charge is 0.329 e. The molecule has 0 saturated carbocycles. The lowest BCUT2D eigenvalue weighted by Crippen LogP contribution is -2.13. The molecule has 0 aliphatic carbocycles. The van der Waals surface area contributed by atoms with Crippen LogP contribution >= 0.6 is 12.9 Å². The van der Waals surface area contributed by atoms with Gasteiger partial charge >= 0.3 is 5.97 Å². The Morgan fingerprint density at radius 1 is 0.882 bits per heavy atom. The highest BCUT2D eigenvalue weighted by molar-refractivity contribution is 7.75. The zero-order chi connectivity index (χ0) is 12.1. The van der Waals surface area contributed by atoms with Crippen LogP contribution in [0.1, 0.15) is 17.0 Å². The van der Waals surface area contributed by atoms with Gasteiger partial charge in [-0.1, -0.05) is 60.7 Å². The van der Waals surface area contributed by atoms with Crippen molar-refractivity contribution < 1.29 is 8.98 Å². The molecule has 0 aromatic heterocycles. The van der Waals surface area contributed by atoms with Gasteiger partial charge < -0.3 is 4.18 Å². The molecule has 0 amide bonds. The van der Waals surface area contributed by atoms with E-state index in [9.17, 15) is 4.79 Å². The van der Waals surface area contributed by atoms with Gasteiger partial charge in [0, 0.05) is 12.9 Å². The van der Waals surface area contributed by atoms with Gasteiger partial charge in [0.05, 0.1) is 0 Å². The molecule has 0 fully saturated rings. The zero-order valence-corrected chi connectivity index (χ0v) is 10.0. The van der Waals surface area contributed by atoms with E-state index in [-0.39, 0.29) is 5.97 Å². The Kier molecular flexibility index (Phi) is 3.83. The molecular weight excluding hydrogens is 232 g/mol. The molecule has 0 aliphatic rings. The Morgan fingerprint density at radius 2 is 1.29 bits per heavy atom. The van der Waals surface area contributed by atoms with E-state index in [1.807, 2.05) is 60.7 Å². The molecule has 0 heterocycles. The first-order chi connectivity index (χ1) is 8.33.